The number of hydrogen-bond donors (Lipinski definition) is 0. The highest BCUT2D eigenvalue weighted by Crippen LogP contribution is 2.36. The van der Waals surface area contributed by atoms with Crippen molar-refractivity contribution in [3.63, 3.8) is 0 Å². The zero-order valence-electron chi connectivity index (χ0n) is 12.7. The Hall–Kier alpha value is -0.170. The largest absolute Gasteiger partial charge is 0.308 e. The number of carbonyl (C=O) groups is 1. The minimum Gasteiger partial charge on any atom is -0.308 e. The van der Waals surface area contributed by atoms with Crippen LogP contribution in [0.3, 0.4) is 0 Å². The van der Waals surface area contributed by atoms with E-state index in [0.29, 0.717) is 22.5 Å². The number of Topliss-reactive ketones (excluding diaryl/α,β-unsaturated/α-hetero) is 1. The van der Waals surface area contributed by atoms with E-state index in [-0.39, 0.29) is 11.0 Å². The molecule has 0 spiro atoms. The maximum atomic E-state index is 12.9. The lowest BCUT2D eigenvalue weighted by Crippen LogP contribution is -2.34. The van der Waals surface area contributed by atoms with Gasteiger partial charge in [-0.3, -0.25) is 9.48 Å². The second-order valence-corrected chi connectivity index (χ2v) is 8.34. The smallest absolute Gasteiger partial charge is 0.196 e. The van der Waals surface area contributed by atoms with Crippen molar-refractivity contribution in [2.45, 2.75) is 30.4 Å². The first kappa shape index (κ1) is 17.2. The summed E-state index contributed by atoms with van der Waals surface area (Å²) in [6.07, 6.45) is 2.60. The molecular weight excluding hydrogens is 326 g/mol. The number of likely N-dealkylation sites (N-methyl/N-ethyl adjacent to an activating group) is 1. The van der Waals surface area contributed by atoms with E-state index in [0.717, 1.165) is 24.5 Å². The number of carbonyl (C=O) groups excluding carboxylic acids is 1. The molecular formula is C14H22ClN3OS2. The summed E-state index contributed by atoms with van der Waals surface area (Å²) in [4.78, 5) is 15.0. The van der Waals surface area contributed by atoms with Crippen LogP contribution in [0.2, 0.25) is 5.02 Å². The normalized spacial score (nSPS) is 22.7. The quantitative estimate of drug-likeness (QED) is 0.740. The van der Waals surface area contributed by atoms with Crippen molar-refractivity contribution in [1.29, 1.82) is 0 Å². The molecule has 0 saturated carbocycles. The molecule has 1 saturated heterocycles. The van der Waals surface area contributed by atoms with Crippen LogP contribution in [-0.4, -0.2) is 63.1 Å². The SMILES string of the molecule is CCC1SCCSC1C(=O)c1c(Cl)cnn1CCN(C)C. The van der Waals surface area contributed by atoms with Crippen LogP contribution in [0, 0.1) is 0 Å². The number of rotatable bonds is 6. The Bertz CT molecular complexity index is 493. The average molecular weight is 348 g/mol. The summed E-state index contributed by atoms with van der Waals surface area (Å²) in [5, 5.41) is 5.13. The van der Waals surface area contributed by atoms with Gasteiger partial charge >= 0.3 is 0 Å². The second kappa shape index (κ2) is 7.90. The van der Waals surface area contributed by atoms with Crippen LogP contribution in [0.25, 0.3) is 0 Å². The molecule has 0 N–H and O–H groups in total. The van der Waals surface area contributed by atoms with Gasteiger partial charge in [0.2, 0.25) is 0 Å². The molecule has 7 heteroatoms. The Kier molecular flexibility index (Phi) is 6.47. The molecule has 1 aromatic heterocycles. The molecule has 118 valence electrons. The maximum Gasteiger partial charge on any atom is 0.196 e. The Labute approximate surface area is 140 Å². The molecule has 1 aliphatic heterocycles. The summed E-state index contributed by atoms with van der Waals surface area (Å²) in [6, 6.07) is 0. The van der Waals surface area contributed by atoms with Gasteiger partial charge in [-0.1, -0.05) is 18.5 Å². The number of halogens is 1. The molecule has 1 aromatic rings. The summed E-state index contributed by atoms with van der Waals surface area (Å²) in [7, 11) is 4.01. The third kappa shape index (κ3) is 4.18. The third-order valence-corrected chi connectivity index (χ3v) is 7.02. The van der Waals surface area contributed by atoms with Crippen LogP contribution in [-0.2, 0) is 6.54 Å². The van der Waals surface area contributed by atoms with E-state index < -0.39 is 0 Å². The lowest BCUT2D eigenvalue weighted by Gasteiger charge is -2.29. The van der Waals surface area contributed by atoms with Gasteiger partial charge in [0.15, 0.2) is 5.78 Å². The van der Waals surface area contributed by atoms with Crippen molar-refractivity contribution >= 4 is 40.9 Å². The third-order valence-electron chi connectivity index (χ3n) is 3.50. The van der Waals surface area contributed by atoms with Gasteiger partial charge in [0.05, 0.1) is 23.0 Å². The highest BCUT2D eigenvalue weighted by Gasteiger charge is 2.34. The van der Waals surface area contributed by atoms with E-state index in [1.165, 1.54) is 0 Å². The minimum atomic E-state index is 0.000978. The molecule has 2 unspecified atom stereocenters. The van der Waals surface area contributed by atoms with E-state index >= 15 is 0 Å². The van der Waals surface area contributed by atoms with Crippen molar-refractivity contribution in [2.75, 3.05) is 32.1 Å². The number of thioether (sulfide) groups is 2. The molecule has 0 aliphatic carbocycles. The highest BCUT2D eigenvalue weighted by molar-refractivity contribution is 8.07. The fraction of sp³-hybridized carbons (Fsp3) is 0.714. The van der Waals surface area contributed by atoms with Gasteiger partial charge in [-0.2, -0.15) is 16.9 Å². The zero-order chi connectivity index (χ0) is 15.4. The van der Waals surface area contributed by atoms with Crippen molar-refractivity contribution < 1.29 is 4.79 Å². The van der Waals surface area contributed by atoms with Gasteiger partial charge in [-0.25, -0.2) is 0 Å². The summed E-state index contributed by atoms with van der Waals surface area (Å²) >= 11 is 9.90. The second-order valence-electron chi connectivity index (χ2n) is 5.34. The number of hydrogen-bond acceptors (Lipinski definition) is 5. The summed E-state index contributed by atoms with van der Waals surface area (Å²) in [5.74, 6) is 2.29. The zero-order valence-corrected chi connectivity index (χ0v) is 15.1. The van der Waals surface area contributed by atoms with Crippen molar-refractivity contribution in [3.05, 3.63) is 16.9 Å². The monoisotopic (exact) mass is 347 g/mol. The van der Waals surface area contributed by atoms with Gasteiger partial charge in [0, 0.05) is 23.3 Å². The summed E-state index contributed by atoms with van der Waals surface area (Å²) in [6.45, 7) is 3.67. The molecule has 2 rings (SSSR count). The van der Waals surface area contributed by atoms with E-state index in [1.807, 2.05) is 25.9 Å². The van der Waals surface area contributed by atoms with Crippen LogP contribution in [0.15, 0.2) is 6.20 Å². The minimum absolute atomic E-state index is 0.000978. The van der Waals surface area contributed by atoms with Gasteiger partial charge < -0.3 is 4.90 Å². The van der Waals surface area contributed by atoms with Crippen LogP contribution >= 0.6 is 35.1 Å². The Morgan fingerprint density at radius 2 is 2.19 bits per heavy atom. The van der Waals surface area contributed by atoms with Gasteiger partial charge in [0.1, 0.15) is 5.69 Å². The van der Waals surface area contributed by atoms with Gasteiger partial charge in [0.25, 0.3) is 0 Å². The van der Waals surface area contributed by atoms with E-state index in [9.17, 15) is 4.79 Å². The molecule has 0 radical (unpaired) electrons. The molecule has 2 atom stereocenters. The number of aromatic nitrogens is 2. The van der Waals surface area contributed by atoms with Crippen molar-refractivity contribution in [1.82, 2.24) is 14.7 Å². The molecule has 21 heavy (non-hydrogen) atoms. The molecule has 1 fully saturated rings. The lowest BCUT2D eigenvalue weighted by molar-refractivity contribution is 0.0977. The Balaban J connectivity index is 2.19. The van der Waals surface area contributed by atoms with E-state index in [4.69, 9.17) is 11.6 Å². The van der Waals surface area contributed by atoms with Crippen molar-refractivity contribution in [3.8, 4) is 0 Å². The van der Waals surface area contributed by atoms with Crippen LogP contribution in [0.4, 0.5) is 0 Å². The fourth-order valence-electron chi connectivity index (χ4n) is 2.35. The van der Waals surface area contributed by atoms with Crippen LogP contribution in [0.5, 0.6) is 0 Å². The molecule has 1 aliphatic rings. The van der Waals surface area contributed by atoms with Crippen LogP contribution in [0.1, 0.15) is 23.8 Å². The molecule has 0 bridgehead atoms. The molecule has 0 aromatic carbocycles. The molecule has 4 nitrogen and oxygen atoms in total. The lowest BCUT2D eigenvalue weighted by atomic mass is 10.1. The summed E-state index contributed by atoms with van der Waals surface area (Å²) < 4.78 is 1.76. The predicted molar refractivity (Wildman–Crippen MR) is 92.9 cm³/mol. The fourth-order valence-corrected chi connectivity index (χ4v) is 5.59. The highest BCUT2D eigenvalue weighted by atomic mass is 35.5. The Morgan fingerprint density at radius 1 is 1.48 bits per heavy atom. The maximum absolute atomic E-state index is 12.9. The first-order chi connectivity index (χ1) is 10.0. The summed E-state index contributed by atoms with van der Waals surface area (Å²) in [5.41, 5.74) is 0.581. The van der Waals surface area contributed by atoms with Crippen LogP contribution < -0.4 is 0 Å². The van der Waals surface area contributed by atoms with E-state index in [2.05, 4.69) is 16.9 Å². The van der Waals surface area contributed by atoms with E-state index in [1.54, 1.807) is 22.6 Å². The predicted octanol–water partition coefficient (Wildman–Crippen LogP) is 2.91. The van der Waals surface area contributed by atoms with Gasteiger partial charge in [-0.05, 0) is 20.5 Å². The topological polar surface area (TPSA) is 38.1 Å². The first-order valence-corrected chi connectivity index (χ1v) is 9.65. The average Bonchev–Trinajstić information content (AvgIpc) is 2.85. The molecule has 0 amide bonds. The standard InChI is InChI=1S/C14H22ClN3OS2/c1-4-11-14(21-8-7-20-11)13(19)12-10(15)9-16-18(12)6-5-17(2)3/h9,11,14H,4-8H2,1-3H3. The number of nitrogens with zero attached hydrogens (tertiary/aromatic N) is 3. The Morgan fingerprint density at radius 3 is 2.86 bits per heavy atom. The number of ketones is 1. The van der Waals surface area contributed by atoms with Crippen molar-refractivity contribution in [2.24, 2.45) is 0 Å². The first-order valence-electron chi connectivity index (χ1n) is 7.18. The van der Waals surface area contributed by atoms with Gasteiger partial charge in [-0.15, -0.1) is 11.8 Å². The molecule has 2 heterocycles.